The van der Waals surface area contributed by atoms with Gasteiger partial charge in [-0.1, -0.05) is 66.0 Å². The van der Waals surface area contributed by atoms with Crippen LogP contribution in [0.15, 0.2) is 34.4 Å². The molecule has 2 aliphatic rings. The minimum atomic E-state index is -3.76. The van der Waals surface area contributed by atoms with Crippen molar-refractivity contribution in [3.63, 3.8) is 0 Å². The van der Waals surface area contributed by atoms with Gasteiger partial charge < -0.3 is 26.2 Å². The molecule has 1 aliphatic heterocycles. The van der Waals surface area contributed by atoms with Crippen LogP contribution in [-0.4, -0.2) is 98.5 Å². The van der Waals surface area contributed by atoms with Crippen LogP contribution in [0.2, 0.25) is 0 Å². The van der Waals surface area contributed by atoms with Gasteiger partial charge in [-0.05, 0) is 53.9 Å². The summed E-state index contributed by atoms with van der Waals surface area (Å²) in [5.74, 6) is -2.85. The van der Waals surface area contributed by atoms with Gasteiger partial charge >= 0.3 is 6.03 Å². The second kappa shape index (κ2) is 17.6. The van der Waals surface area contributed by atoms with Crippen LogP contribution < -0.4 is 21.3 Å². The molecule has 1 aliphatic carbocycles. The van der Waals surface area contributed by atoms with E-state index in [0.29, 0.717) is 13.0 Å². The SMILES string of the molecule is C=CCNC(=O)C(=O)CNC(=O)[C@@H]1[C@@H](C(C)C)CCN1C(=O)[C@@H](NC(=O)N[C@H](CN(C)S(=O)(=O)c1cccs1)C(C)(C)C)C1CCCCC1. The normalized spacial score (nSPS) is 20.0. The molecule has 4 N–H and O–H groups in total. The molecule has 0 bridgehead atoms. The number of amides is 5. The summed E-state index contributed by atoms with van der Waals surface area (Å²) in [7, 11) is -2.28. The number of ketones is 1. The van der Waals surface area contributed by atoms with Crippen LogP contribution in [0.1, 0.15) is 73.1 Å². The highest BCUT2D eigenvalue weighted by molar-refractivity contribution is 7.91. The third kappa shape index (κ3) is 10.6. The van der Waals surface area contributed by atoms with Crippen molar-refractivity contribution in [2.45, 2.75) is 95.5 Å². The number of carbonyl (C=O) groups excluding carboxylic acids is 5. The first kappa shape index (κ1) is 40.1. The van der Waals surface area contributed by atoms with Crippen molar-refractivity contribution in [1.29, 1.82) is 0 Å². The molecule has 49 heavy (non-hydrogen) atoms. The third-order valence-corrected chi connectivity index (χ3v) is 12.8. The Balaban J connectivity index is 1.81. The van der Waals surface area contributed by atoms with Crippen molar-refractivity contribution in [1.82, 2.24) is 30.5 Å². The number of nitrogens with zero attached hydrogens (tertiary/aromatic N) is 2. The van der Waals surface area contributed by atoms with E-state index in [1.165, 1.54) is 28.4 Å². The summed E-state index contributed by atoms with van der Waals surface area (Å²) in [6, 6.07) is 0.209. The highest BCUT2D eigenvalue weighted by Crippen LogP contribution is 2.34. The largest absolute Gasteiger partial charge is 0.347 e. The van der Waals surface area contributed by atoms with Gasteiger partial charge in [-0.25, -0.2) is 13.2 Å². The molecule has 4 atom stereocenters. The zero-order valence-corrected chi connectivity index (χ0v) is 31.3. The van der Waals surface area contributed by atoms with Crippen LogP contribution in [0.25, 0.3) is 0 Å². The van der Waals surface area contributed by atoms with E-state index >= 15 is 0 Å². The van der Waals surface area contributed by atoms with Crippen molar-refractivity contribution >= 4 is 50.9 Å². The molecule has 0 radical (unpaired) electrons. The van der Waals surface area contributed by atoms with E-state index in [1.54, 1.807) is 11.4 Å². The monoisotopic (exact) mass is 722 g/mol. The van der Waals surface area contributed by atoms with Crippen LogP contribution in [0.5, 0.6) is 0 Å². The zero-order chi connectivity index (χ0) is 36.5. The number of carbonyl (C=O) groups is 5. The van der Waals surface area contributed by atoms with Crippen molar-refractivity contribution < 1.29 is 32.4 Å². The van der Waals surface area contributed by atoms with Gasteiger partial charge in [-0.3, -0.25) is 19.2 Å². The van der Waals surface area contributed by atoms with Crippen molar-refractivity contribution in [2.24, 2.45) is 23.2 Å². The number of sulfonamides is 1. The van der Waals surface area contributed by atoms with E-state index in [0.717, 1.165) is 43.4 Å². The molecule has 274 valence electrons. The Bertz CT molecular complexity index is 1430. The predicted molar refractivity (Wildman–Crippen MR) is 189 cm³/mol. The van der Waals surface area contributed by atoms with Crippen LogP contribution in [-0.2, 0) is 29.2 Å². The fourth-order valence-corrected chi connectivity index (χ4v) is 8.92. The van der Waals surface area contributed by atoms with Crippen LogP contribution in [0.4, 0.5) is 4.79 Å². The molecule has 15 heteroatoms. The minimum absolute atomic E-state index is 0.00790. The molecule has 0 spiro atoms. The number of likely N-dealkylation sites (tertiary alicyclic amines) is 1. The molecule has 1 saturated heterocycles. The molecular weight excluding hydrogens is 669 g/mol. The number of thiophene rings is 1. The summed E-state index contributed by atoms with van der Waals surface area (Å²) >= 11 is 1.12. The first-order chi connectivity index (χ1) is 23.0. The van der Waals surface area contributed by atoms with Gasteiger partial charge in [-0.2, -0.15) is 4.31 Å². The smallest absolute Gasteiger partial charge is 0.315 e. The topological polar surface area (TPSA) is 174 Å². The Morgan fingerprint density at radius 3 is 2.31 bits per heavy atom. The maximum Gasteiger partial charge on any atom is 0.315 e. The Morgan fingerprint density at radius 1 is 1.06 bits per heavy atom. The standard InChI is InChI=1S/C34H54N6O7S2/c1-8-17-35-30(42)25(41)20-36-31(43)29-24(22(2)3)16-18-40(29)32(44)28(23-13-10-9-11-14-23)38-33(45)37-26(34(4,5)6)21-39(7)49(46,47)27-15-12-19-48-27/h8,12,15,19,22-24,26,28-29H,1,9-11,13-14,16-18,20-21H2,2-7H3,(H,35,42)(H,36,43)(H2,37,38,45)/t24-,26-,28+,29+/m1/s1. The average Bonchev–Trinajstić information content (AvgIpc) is 3.76. The molecule has 0 aromatic carbocycles. The molecule has 1 aromatic heterocycles. The van der Waals surface area contributed by atoms with Gasteiger partial charge in [0, 0.05) is 32.7 Å². The number of hydrogen-bond donors (Lipinski definition) is 4. The third-order valence-electron chi connectivity index (χ3n) is 9.56. The van der Waals surface area contributed by atoms with Gasteiger partial charge in [-0.15, -0.1) is 17.9 Å². The first-order valence-electron chi connectivity index (χ1n) is 17.1. The van der Waals surface area contributed by atoms with Gasteiger partial charge in [0.05, 0.1) is 6.54 Å². The Morgan fingerprint density at radius 2 is 1.73 bits per heavy atom. The maximum atomic E-state index is 14.4. The van der Waals surface area contributed by atoms with Gasteiger partial charge in [0.1, 0.15) is 16.3 Å². The summed E-state index contributed by atoms with van der Waals surface area (Å²) in [5, 5.41) is 12.6. The van der Waals surface area contributed by atoms with Gasteiger partial charge in [0.25, 0.3) is 15.9 Å². The Kier molecular flexibility index (Phi) is 14.4. The highest BCUT2D eigenvalue weighted by atomic mass is 32.2. The van der Waals surface area contributed by atoms with Gasteiger partial charge in [0.15, 0.2) is 0 Å². The van der Waals surface area contributed by atoms with E-state index in [2.05, 4.69) is 27.8 Å². The van der Waals surface area contributed by atoms with Gasteiger partial charge in [0.2, 0.25) is 17.6 Å². The van der Waals surface area contributed by atoms with Crippen molar-refractivity contribution in [2.75, 3.05) is 33.2 Å². The molecule has 3 rings (SSSR count). The van der Waals surface area contributed by atoms with Crippen LogP contribution in [0.3, 0.4) is 0 Å². The van der Waals surface area contributed by atoms with E-state index in [9.17, 15) is 32.4 Å². The minimum Gasteiger partial charge on any atom is -0.347 e. The molecule has 0 unspecified atom stereocenters. The first-order valence-corrected chi connectivity index (χ1v) is 19.4. The molecule has 2 fully saturated rings. The quantitative estimate of drug-likeness (QED) is 0.159. The lowest BCUT2D eigenvalue weighted by Gasteiger charge is -2.37. The molecular formula is C34H54N6O7S2. The highest BCUT2D eigenvalue weighted by Gasteiger charge is 2.46. The van der Waals surface area contributed by atoms with E-state index in [1.807, 2.05) is 34.6 Å². The molecule has 13 nitrogen and oxygen atoms in total. The lowest BCUT2D eigenvalue weighted by atomic mass is 9.83. The second-order valence-corrected chi connectivity index (χ2v) is 17.7. The van der Waals surface area contributed by atoms with Crippen molar-refractivity contribution in [3.05, 3.63) is 30.2 Å². The molecule has 1 aromatic rings. The average molecular weight is 723 g/mol. The summed E-state index contributed by atoms with van der Waals surface area (Å²) in [6.07, 6.45) is 6.30. The van der Waals surface area contributed by atoms with Crippen LogP contribution in [0, 0.1) is 23.2 Å². The molecule has 5 amide bonds. The summed E-state index contributed by atoms with van der Waals surface area (Å²) in [5.41, 5.74) is -0.538. The Hall–Kier alpha value is -3.30. The lowest BCUT2D eigenvalue weighted by molar-refractivity contribution is -0.143. The predicted octanol–water partition coefficient (Wildman–Crippen LogP) is 2.89. The Labute approximate surface area is 295 Å². The number of hydrogen-bond acceptors (Lipinski definition) is 8. The number of urea groups is 1. The lowest BCUT2D eigenvalue weighted by Crippen LogP contribution is -2.61. The number of likely N-dealkylation sites (N-methyl/N-ethyl adjacent to an activating group) is 1. The second-order valence-electron chi connectivity index (χ2n) is 14.4. The van der Waals surface area contributed by atoms with Crippen molar-refractivity contribution in [3.8, 4) is 0 Å². The number of rotatable bonds is 15. The zero-order valence-electron chi connectivity index (χ0n) is 29.6. The number of nitrogens with one attached hydrogen (secondary N) is 4. The fraction of sp³-hybridized carbons (Fsp3) is 0.676. The summed E-state index contributed by atoms with van der Waals surface area (Å²) in [4.78, 5) is 67.7. The molecule has 2 heterocycles. The maximum absolute atomic E-state index is 14.4. The molecule has 1 saturated carbocycles. The number of Topliss-reactive ketones (excluding diaryl/α,β-unsaturated/α-hetero) is 1. The van der Waals surface area contributed by atoms with Crippen LogP contribution >= 0.6 is 11.3 Å². The fourth-order valence-electron chi connectivity index (χ4n) is 6.54. The van der Waals surface area contributed by atoms with E-state index in [-0.39, 0.29) is 41.0 Å². The van der Waals surface area contributed by atoms with E-state index in [4.69, 9.17) is 0 Å². The van der Waals surface area contributed by atoms with E-state index < -0.39 is 63.7 Å². The summed E-state index contributed by atoms with van der Waals surface area (Å²) < 4.78 is 27.8. The summed E-state index contributed by atoms with van der Waals surface area (Å²) in [6.45, 7) is 13.1.